The fourth-order valence-electron chi connectivity index (χ4n) is 4.31. The molecule has 1 N–H and O–H groups in total. The van der Waals surface area contributed by atoms with Gasteiger partial charge < -0.3 is 9.84 Å². The van der Waals surface area contributed by atoms with E-state index in [1.165, 1.54) is 12.1 Å². The first-order valence-corrected chi connectivity index (χ1v) is 9.12. The predicted octanol–water partition coefficient (Wildman–Crippen LogP) is 3.36. The van der Waals surface area contributed by atoms with E-state index in [2.05, 4.69) is 10.3 Å². The summed E-state index contributed by atoms with van der Waals surface area (Å²) in [5.41, 5.74) is 1.36. The van der Waals surface area contributed by atoms with Crippen molar-refractivity contribution in [2.24, 2.45) is 5.41 Å². The highest BCUT2D eigenvalue weighted by Gasteiger charge is 2.46. The molecule has 0 bridgehead atoms. The highest BCUT2D eigenvalue weighted by Crippen LogP contribution is 2.46. The number of hydrogen-bond donors (Lipinski definition) is 1. The molecular formula is C19H24FN3O2. The number of nitrogens with zero attached hydrogens (tertiary/aromatic N) is 3. The van der Waals surface area contributed by atoms with E-state index in [0.717, 1.165) is 50.7 Å². The van der Waals surface area contributed by atoms with Crippen molar-refractivity contribution < 1.29 is 14.2 Å². The molecular weight excluding hydrogens is 321 g/mol. The summed E-state index contributed by atoms with van der Waals surface area (Å²) in [6.45, 7) is 1.42. The quantitative estimate of drug-likeness (QED) is 0.907. The molecule has 25 heavy (non-hydrogen) atoms. The van der Waals surface area contributed by atoms with Gasteiger partial charge in [0.25, 0.3) is 0 Å². The van der Waals surface area contributed by atoms with Gasteiger partial charge in [0, 0.05) is 17.6 Å². The van der Waals surface area contributed by atoms with Crippen LogP contribution in [0.15, 0.2) is 30.5 Å². The molecule has 6 heteroatoms. The molecule has 2 aliphatic rings. The number of aliphatic hydroxyl groups excluding tert-OH is 1. The minimum atomic E-state index is -0.484. The molecule has 3 atom stereocenters. The number of benzene rings is 1. The van der Waals surface area contributed by atoms with Crippen molar-refractivity contribution >= 4 is 0 Å². The van der Waals surface area contributed by atoms with E-state index in [9.17, 15) is 9.50 Å². The van der Waals surface area contributed by atoms with Crippen LogP contribution in [-0.4, -0.2) is 39.4 Å². The zero-order valence-corrected chi connectivity index (χ0v) is 14.3. The van der Waals surface area contributed by atoms with E-state index in [-0.39, 0.29) is 17.3 Å². The van der Waals surface area contributed by atoms with Crippen LogP contribution in [0.5, 0.6) is 0 Å². The fraction of sp³-hybridized carbons (Fsp3) is 0.579. The van der Waals surface area contributed by atoms with Crippen LogP contribution >= 0.6 is 0 Å². The van der Waals surface area contributed by atoms with Crippen LogP contribution in [-0.2, 0) is 4.74 Å². The van der Waals surface area contributed by atoms with Crippen molar-refractivity contribution in [2.75, 3.05) is 13.2 Å². The summed E-state index contributed by atoms with van der Waals surface area (Å²) in [6, 6.07) is 6.14. The summed E-state index contributed by atoms with van der Waals surface area (Å²) >= 11 is 0. The lowest BCUT2D eigenvalue weighted by molar-refractivity contribution is -0.0903. The first-order chi connectivity index (χ1) is 12.2. The van der Waals surface area contributed by atoms with E-state index in [1.54, 1.807) is 16.8 Å². The third-order valence-corrected chi connectivity index (χ3v) is 5.76. The maximum absolute atomic E-state index is 13.1. The van der Waals surface area contributed by atoms with E-state index >= 15 is 0 Å². The first-order valence-electron chi connectivity index (χ1n) is 9.12. The molecule has 2 heterocycles. The Balaban J connectivity index is 1.57. The number of aliphatic hydroxyl groups is 1. The molecule has 1 saturated heterocycles. The SMILES string of the molecule is O[C@H]1[C@H](n2cc(-c3ccc(F)cc3)nn2)CCC[C@]12CCCCOC2. The molecule has 1 aromatic carbocycles. The summed E-state index contributed by atoms with van der Waals surface area (Å²) in [6.07, 6.45) is 7.49. The summed E-state index contributed by atoms with van der Waals surface area (Å²) in [5.74, 6) is -0.269. The monoisotopic (exact) mass is 345 g/mol. The molecule has 2 fully saturated rings. The average Bonchev–Trinajstić information content (AvgIpc) is 2.99. The molecule has 4 rings (SSSR count). The lowest BCUT2D eigenvalue weighted by Crippen LogP contribution is -2.47. The number of halogens is 1. The number of ether oxygens (including phenoxy) is 1. The zero-order chi connectivity index (χ0) is 17.3. The summed E-state index contributed by atoms with van der Waals surface area (Å²) in [5, 5.41) is 19.6. The van der Waals surface area contributed by atoms with Crippen LogP contribution in [0.1, 0.15) is 44.6 Å². The molecule has 1 aromatic heterocycles. The van der Waals surface area contributed by atoms with Crippen molar-refractivity contribution in [2.45, 2.75) is 50.7 Å². The molecule has 5 nitrogen and oxygen atoms in total. The van der Waals surface area contributed by atoms with Gasteiger partial charge in [-0.3, -0.25) is 0 Å². The standard InChI is InChI=1S/C19H24FN3O2/c20-15-7-5-14(6-8-15)16-12-23(22-21-16)17-4-3-10-19(18(17)24)9-1-2-11-25-13-19/h5-8,12,17-18,24H,1-4,9-11,13H2/t17-,18+,19+/m1/s1. The number of aromatic nitrogens is 3. The molecule has 1 saturated carbocycles. The van der Waals surface area contributed by atoms with Gasteiger partial charge in [-0.15, -0.1) is 5.10 Å². The topological polar surface area (TPSA) is 60.2 Å². The molecule has 0 amide bonds. The van der Waals surface area contributed by atoms with Crippen molar-refractivity contribution in [1.82, 2.24) is 15.0 Å². The lowest BCUT2D eigenvalue weighted by atomic mass is 9.67. The molecule has 0 unspecified atom stereocenters. The Kier molecular flexibility index (Phi) is 4.56. The molecule has 2 aromatic rings. The van der Waals surface area contributed by atoms with Crippen LogP contribution in [0.3, 0.4) is 0 Å². The minimum Gasteiger partial charge on any atom is -0.390 e. The van der Waals surface area contributed by atoms with E-state index < -0.39 is 6.10 Å². The van der Waals surface area contributed by atoms with Crippen molar-refractivity contribution in [1.29, 1.82) is 0 Å². The molecule has 0 radical (unpaired) electrons. The van der Waals surface area contributed by atoms with Crippen molar-refractivity contribution in [3.8, 4) is 11.3 Å². The van der Waals surface area contributed by atoms with Gasteiger partial charge >= 0.3 is 0 Å². The maximum Gasteiger partial charge on any atom is 0.123 e. The molecule has 1 spiro atoms. The highest BCUT2D eigenvalue weighted by molar-refractivity contribution is 5.57. The van der Waals surface area contributed by atoms with Gasteiger partial charge in [0.05, 0.1) is 24.9 Å². The highest BCUT2D eigenvalue weighted by atomic mass is 19.1. The first kappa shape index (κ1) is 16.7. The van der Waals surface area contributed by atoms with Crippen LogP contribution in [0.25, 0.3) is 11.3 Å². The second-order valence-electron chi connectivity index (χ2n) is 7.37. The predicted molar refractivity (Wildman–Crippen MR) is 91.4 cm³/mol. The van der Waals surface area contributed by atoms with Crippen molar-refractivity contribution in [3.63, 3.8) is 0 Å². The minimum absolute atomic E-state index is 0.0860. The average molecular weight is 345 g/mol. The third kappa shape index (κ3) is 3.20. The van der Waals surface area contributed by atoms with Gasteiger partial charge in [0.2, 0.25) is 0 Å². The smallest absolute Gasteiger partial charge is 0.123 e. The van der Waals surface area contributed by atoms with Gasteiger partial charge in [-0.2, -0.15) is 0 Å². The Morgan fingerprint density at radius 3 is 2.80 bits per heavy atom. The number of rotatable bonds is 2. The van der Waals surface area contributed by atoms with Gasteiger partial charge in [0.1, 0.15) is 11.5 Å². The second kappa shape index (κ2) is 6.84. The Morgan fingerprint density at radius 2 is 1.96 bits per heavy atom. The number of hydrogen-bond acceptors (Lipinski definition) is 4. The fourth-order valence-corrected chi connectivity index (χ4v) is 4.31. The normalized spacial score (nSPS) is 30.3. The second-order valence-corrected chi connectivity index (χ2v) is 7.37. The van der Waals surface area contributed by atoms with Gasteiger partial charge in [-0.25, -0.2) is 9.07 Å². The van der Waals surface area contributed by atoms with Crippen LogP contribution < -0.4 is 0 Å². The summed E-state index contributed by atoms with van der Waals surface area (Å²) in [7, 11) is 0. The maximum atomic E-state index is 13.1. The van der Waals surface area contributed by atoms with E-state index in [4.69, 9.17) is 4.74 Å². The van der Waals surface area contributed by atoms with Crippen molar-refractivity contribution in [3.05, 3.63) is 36.3 Å². The zero-order valence-electron chi connectivity index (χ0n) is 14.3. The van der Waals surface area contributed by atoms with E-state index in [1.807, 2.05) is 6.20 Å². The van der Waals surface area contributed by atoms with Gasteiger partial charge in [-0.05, 0) is 49.9 Å². The largest absolute Gasteiger partial charge is 0.390 e. The van der Waals surface area contributed by atoms with E-state index in [0.29, 0.717) is 12.3 Å². The summed E-state index contributed by atoms with van der Waals surface area (Å²) in [4.78, 5) is 0. The molecule has 1 aliphatic heterocycles. The summed E-state index contributed by atoms with van der Waals surface area (Å²) < 4.78 is 20.7. The Morgan fingerprint density at radius 1 is 1.16 bits per heavy atom. The van der Waals surface area contributed by atoms with Crippen LogP contribution in [0.4, 0.5) is 4.39 Å². The Bertz CT molecular complexity index is 708. The van der Waals surface area contributed by atoms with Crippen LogP contribution in [0.2, 0.25) is 0 Å². The lowest BCUT2D eigenvalue weighted by Gasteiger charge is -2.44. The Hall–Kier alpha value is -1.79. The van der Waals surface area contributed by atoms with Gasteiger partial charge in [0.15, 0.2) is 0 Å². The third-order valence-electron chi connectivity index (χ3n) is 5.76. The molecule has 134 valence electrons. The Labute approximate surface area is 146 Å². The van der Waals surface area contributed by atoms with Crippen LogP contribution in [0, 0.1) is 11.2 Å². The van der Waals surface area contributed by atoms with Gasteiger partial charge in [-0.1, -0.05) is 18.1 Å². The molecule has 1 aliphatic carbocycles.